The highest BCUT2D eigenvalue weighted by molar-refractivity contribution is 6.31. The summed E-state index contributed by atoms with van der Waals surface area (Å²) in [6.07, 6.45) is -0.145. The van der Waals surface area contributed by atoms with E-state index in [4.69, 9.17) is 23.2 Å². The third-order valence-electron chi connectivity index (χ3n) is 7.14. The molecule has 0 radical (unpaired) electrons. The van der Waals surface area contributed by atoms with Gasteiger partial charge in [-0.3, -0.25) is 14.4 Å². The van der Waals surface area contributed by atoms with Crippen LogP contribution in [0.4, 0.5) is 10.1 Å². The highest BCUT2D eigenvalue weighted by atomic mass is 35.5. The van der Waals surface area contributed by atoms with E-state index in [0.717, 1.165) is 0 Å². The van der Waals surface area contributed by atoms with Gasteiger partial charge in [0.2, 0.25) is 11.8 Å². The van der Waals surface area contributed by atoms with Gasteiger partial charge in [-0.15, -0.1) is 0 Å². The zero-order chi connectivity index (χ0) is 25.8. The van der Waals surface area contributed by atoms with E-state index < -0.39 is 47.5 Å². The Balaban J connectivity index is 1.89. The number of piperidine rings is 1. The normalized spacial score (nSPS) is 23.1. The van der Waals surface area contributed by atoms with Crippen LogP contribution in [0.15, 0.2) is 60.7 Å². The number of fused-ring (bicyclic) bond motifs is 2. The molecule has 1 saturated heterocycles. The number of aryl methyl sites for hydroxylation is 1. The summed E-state index contributed by atoms with van der Waals surface area (Å²) >= 11 is 12.5. The van der Waals surface area contributed by atoms with Gasteiger partial charge in [-0.25, -0.2) is 4.39 Å². The Bertz CT molecular complexity index is 1430. The first-order valence-corrected chi connectivity index (χ1v) is 12.0. The van der Waals surface area contributed by atoms with Gasteiger partial charge in [0.05, 0.1) is 6.04 Å². The number of carbonyl (C=O) groups excluding carboxylic acids is 2. The van der Waals surface area contributed by atoms with E-state index in [2.05, 4.69) is 5.32 Å². The molecule has 36 heavy (non-hydrogen) atoms. The number of amides is 2. The minimum Gasteiger partial charge on any atom is -0.480 e. The van der Waals surface area contributed by atoms with Crippen LogP contribution >= 0.6 is 23.2 Å². The molecule has 9 heteroatoms. The summed E-state index contributed by atoms with van der Waals surface area (Å²) in [4.78, 5) is 40.8. The van der Waals surface area contributed by atoms with Gasteiger partial charge in [-0.05, 0) is 65.6 Å². The van der Waals surface area contributed by atoms with Crippen molar-refractivity contribution in [2.45, 2.75) is 30.7 Å². The molecule has 2 heterocycles. The summed E-state index contributed by atoms with van der Waals surface area (Å²) in [5.74, 6) is -3.41. The van der Waals surface area contributed by atoms with Crippen molar-refractivity contribution < 1.29 is 23.9 Å². The maximum absolute atomic E-state index is 14.6. The number of likely N-dealkylation sites (tertiary alicyclic amines) is 1. The van der Waals surface area contributed by atoms with Crippen molar-refractivity contribution in [1.82, 2.24) is 4.90 Å². The van der Waals surface area contributed by atoms with Gasteiger partial charge in [0, 0.05) is 28.1 Å². The van der Waals surface area contributed by atoms with Crippen molar-refractivity contribution in [3.8, 4) is 0 Å². The third kappa shape index (κ3) is 3.74. The summed E-state index contributed by atoms with van der Waals surface area (Å²) in [5, 5.41) is 13.4. The molecule has 1 spiro atoms. The molecular weight excluding hydrogens is 506 g/mol. The molecule has 2 amide bonds. The predicted octanol–water partition coefficient (Wildman–Crippen LogP) is 5.47. The maximum atomic E-state index is 14.6. The molecule has 3 aromatic rings. The average molecular weight is 527 g/mol. The van der Waals surface area contributed by atoms with Crippen LogP contribution in [0.2, 0.25) is 10.0 Å². The maximum Gasteiger partial charge on any atom is 0.323 e. The number of carbonyl (C=O) groups is 3. The molecule has 3 atom stereocenters. The number of hydrogen-bond donors (Lipinski definition) is 2. The lowest BCUT2D eigenvalue weighted by molar-refractivity contribution is -0.154. The van der Waals surface area contributed by atoms with Crippen LogP contribution in [-0.2, 0) is 19.8 Å². The first-order chi connectivity index (χ1) is 17.1. The number of nitrogens with one attached hydrogen (secondary N) is 1. The van der Waals surface area contributed by atoms with Crippen LogP contribution in [0.3, 0.4) is 0 Å². The fourth-order valence-electron chi connectivity index (χ4n) is 5.73. The number of rotatable bonds is 4. The molecule has 2 aliphatic heterocycles. The highest BCUT2D eigenvalue weighted by Gasteiger charge is 2.63. The fraction of sp³-hybridized carbons (Fsp3) is 0.222. The Morgan fingerprint density at radius 3 is 2.58 bits per heavy atom. The SMILES string of the molecule is Cc1ccc(F)cc1[C@H]1N(CC(=O)O)C(=O)C[C@@H](c2cccc(Cl)c2)[C@]12C(=O)Nc1cc(Cl)ccc12. The topological polar surface area (TPSA) is 86.7 Å². The second kappa shape index (κ2) is 8.91. The van der Waals surface area contributed by atoms with Gasteiger partial charge in [-0.2, -0.15) is 0 Å². The van der Waals surface area contributed by atoms with Crippen LogP contribution < -0.4 is 5.32 Å². The summed E-state index contributed by atoms with van der Waals surface area (Å²) in [6.45, 7) is 1.09. The Morgan fingerprint density at radius 1 is 1.11 bits per heavy atom. The van der Waals surface area contributed by atoms with Crippen molar-refractivity contribution in [2.24, 2.45) is 0 Å². The average Bonchev–Trinajstić information content (AvgIpc) is 3.09. The highest BCUT2D eigenvalue weighted by Crippen LogP contribution is 2.60. The second-order valence-corrected chi connectivity index (χ2v) is 10.0. The lowest BCUT2D eigenvalue weighted by Crippen LogP contribution is -2.59. The first kappa shape index (κ1) is 24.3. The number of anilines is 1. The van der Waals surface area contributed by atoms with Crippen molar-refractivity contribution in [3.05, 3.63) is 98.8 Å². The number of aliphatic carboxylic acids is 1. The van der Waals surface area contributed by atoms with E-state index in [-0.39, 0.29) is 6.42 Å². The molecule has 184 valence electrons. The summed E-state index contributed by atoms with van der Waals surface area (Å²) in [7, 11) is 0. The van der Waals surface area contributed by atoms with Crippen LogP contribution in [0, 0.1) is 12.7 Å². The van der Waals surface area contributed by atoms with E-state index in [1.807, 2.05) is 0 Å². The van der Waals surface area contributed by atoms with Gasteiger partial charge in [-0.1, -0.05) is 47.5 Å². The molecule has 2 N–H and O–H groups in total. The molecular formula is C27H21Cl2FN2O4. The van der Waals surface area contributed by atoms with E-state index in [1.165, 1.54) is 17.0 Å². The van der Waals surface area contributed by atoms with Gasteiger partial charge in [0.15, 0.2) is 0 Å². The lowest BCUT2D eigenvalue weighted by Gasteiger charge is -2.51. The van der Waals surface area contributed by atoms with E-state index in [9.17, 15) is 23.9 Å². The fourth-order valence-corrected chi connectivity index (χ4v) is 6.10. The summed E-state index contributed by atoms with van der Waals surface area (Å²) in [6, 6.07) is 14.9. The monoisotopic (exact) mass is 526 g/mol. The molecule has 1 fully saturated rings. The minimum absolute atomic E-state index is 0.145. The Labute approximate surface area is 216 Å². The third-order valence-corrected chi connectivity index (χ3v) is 7.61. The quantitative estimate of drug-likeness (QED) is 0.471. The van der Waals surface area contributed by atoms with E-state index >= 15 is 0 Å². The molecule has 0 bridgehead atoms. The van der Waals surface area contributed by atoms with Gasteiger partial charge in [0.25, 0.3) is 0 Å². The Kier molecular flexibility index (Phi) is 6.01. The van der Waals surface area contributed by atoms with Crippen molar-refractivity contribution in [1.29, 1.82) is 0 Å². The van der Waals surface area contributed by atoms with E-state index in [1.54, 1.807) is 55.5 Å². The molecule has 0 saturated carbocycles. The first-order valence-electron chi connectivity index (χ1n) is 11.3. The number of benzene rings is 3. The molecule has 0 unspecified atom stereocenters. The molecule has 3 aromatic carbocycles. The number of carboxylic acids is 1. The molecule has 0 aromatic heterocycles. The van der Waals surface area contributed by atoms with Gasteiger partial charge >= 0.3 is 5.97 Å². The number of carboxylic acid groups (broad SMARTS) is 1. The second-order valence-electron chi connectivity index (χ2n) is 9.14. The molecule has 5 rings (SSSR count). The number of halogens is 3. The van der Waals surface area contributed by atoms with Crippen molar-refractivity contribution >= 4 is 46.7 Å². The van der Waals surface area contributed by atoms with Gasteiger partial charge in [0.1, 0.15) is 17.8 Å². The number of hydrogen-bond acceptors (Lipinski definition) is 3. The van der Waals surface area contributed by atoms with Crippen LogP contribution in [-0.4, -0.2) is 34.3 Å². The zero-order valence-corrected chi connectivity index (χ0v) is 20.6. The van der Waals surface area contributed by atoms with E-state index in [0.29, 0.717) is 38.0 Å². The molecule has 2 aliphatic rings. The zero-order valence-electron chi connectivity index (χ0n) is 19.1. The summed E-state index contributed by atoms with van der Waals surface area (Å²) < 4.78 is 14.6. The Hall–Kier alpha value is -3.42. The summed E-state index contributed by atoms with van der Waals surface area (Å²) in [5.41, 5.74) is 1.15. The van der Waals surface area contributed by atoms with Crippen molar-refractivity contribution in [3.63, 3.8) is 0 Å². The predicted molar refractivity (Wildman–Crippen MR) is 134 cm³/mol. The molecule has 0 aliphatic carbocycles. The number of nitrogens with zero attached hydrogens (tertiary/aromatic N) is 1. The smallest absolute Gasteiger partial charge is 0.323 e. The van der Waals surface area contributed by atoms with Gasteiger partial charge < -0.3 is 15.3 Å². The van der Waals surface area contributed by atoms with Crippen LogP contribution in [0.1, 0.15) is 40.6 Å². The standard InChI is InChI=1S/C27H21Cl2FN2O4/c1-14-5-7-18(30)11-19(14)25-27(20-8-6-17(29)10-22(20)31-26(27)36)21(15-3-2-4-16(28)9-15)12-23(33)32(25)13-24(34)35/h2-11,21,25H,12-13H2,1H3,(H,31,36)(H,34,35)/t21-,25+,27-/m0/s1. The molecule has 6 nitrogen and oxygen atoms in total. The lowest BCUT2D eigenvalue weighted by atomic mass is 9.58. The van der Waals surface area contributed by atoms with Crippen LogP contribution in [0.25, 0.3) is 0 Å². The Morgan fingerprint density at radius 2 is 1.86 bits per heavy atom. The van der Waals surface area contributed by atoms with Crippen LogP contribution in [0.5, 0.6) is 0 Å². The van der Waals surface area contributed by atoms with Crippen molar-refractivity contribution in [2.75, 3.05) is 11.9 Å². The minimum atomic E-state index is -1.48. The largest absolute Gasteiger partial charge is 0.480 e.